The first-order valence-corrected chi connectivity index (χ1v) is 7.35. The van der Waals surface area contributed by atoms with E-state index in [2.05, 4.69) is 0 Å². The van der Waals surface area contributed by atoms with Gasteiger partial charge in [-0.15, -0.1) is 0 Å². The molecule has 0 aliphatic carbocycles. The highest BCUT2D eigenvalue weighted by Gasteiger charge is 2.42. The number of aliphatic hydroxyl groups is 1. The normalized spacial score (nSPS) is 16.3. The smallest absolute Gasteiger partial charge is 0.254 e. The van der Waals surface area contributed by atoms with Gasteiger partial charge in [0.25, 0.3) is 5.91 Å². The van der Waals surface area contributed by atoms with E-state index in [1.54, 1.807) is 30.2 Å². The molecule has 5 nitrogen and oxygen atoms in total. The van der Waals surface area contributed by atoms with E-state index >= 15 is 0 Å². The van der Waals surface area contributed by atoms with E-state index in [0.29, 0.717) is 36.8 Å². The Bertz CT molecular complexity index is 509. The van der Waals surface area contributed by atoms with Crippen LogP contribution in [0.5, 0.6) is 11.5 Å². The molecular formula is C16H23NO4. The van der Waals surface area contributed by atoms with Crippen LogP contribution in [0.2, 0.25) is 0 Å². The van der Waals surface area contributed by atoms with Crippen molar-refractivity contribution in [2.75, 3.05) is 26.8 Å². The molecular weight excluding hydrogens is 270 g/mol. The molecule has 1 amide bonds. The predicted molar refractivity (Wildman–Crippen MR) is 79.9 cm³/mol. The van der Waals surface area contributed by atoms with Gasteiger partial charge in [0.2, 0.25) is 0 Å². The van der Waals surface area contributed by atoms with Gasteiger partial charge in [-0.1, -0.05) is 13.3 Å². The average molecular weight is 293 g/mol. The van der Waals surface area contributed by atoms with E-state index in [1.165, 1.54) is 0 Å². The number of methoxy groups -OCH3 is 1. The Labute approximate surface area is 125 Å². The van der Waals surface area contributed by atoms with Gasteiger partial charge in [-0.2, -0.15) is 0 Å². The minimum atomic E-state index is -0.709. The maximum Gasteiger partial charge on any atom is 0.254 e. The number of hydrogen-bond acceptors (Lipinski definition) is 4. The Kier molecular flexibility index (Phi) is 4.73. The summed E-state index contributed by atoms with van der Waals surface area (Å²) in [6.45, 7) is 5.26. The molecule has 0 saturated carbocycles. The van der Waals surface area contributed by atoms with Crippen LogP contribution in [-0.2, 0) is 0 Å². The lowest BCUT2D eigenvalue weighted by Crippen LogP contribution is -2.63. The Morgan fingerprint density at radius 2 is 2.05 bits per heavy atom. The number of carbonyl (C=O) groups is 1. The van der Waals surface area contributed by atoms with Crippen molar-refractivity contribution in [3.63, 3.8) is 0 Å². The highest BCUT2D eigenvalue weighted by Crippen LogP contribution is 2.31. The summed E-state index contributed by atoms with van der Waals surface area (Å²) in [5.41, 5.74) is -0.159. The van der Waals surface area contributed by atoms with Gasteiger partial charge in [-0.25, -0.2) is 0 Å². The summed E-state index contributed by atoms with van der Waals surface area (Å²) in [6.07, 6.45) is 1.64. The lowest BCUT2D eigenvalue weighted by atomic mass is 9.89. The number of nitrogens with zero attached hydrogens (tertiary/aromatic N) is 1. The van der Waals surface area contributed by atoms with Crippen molar-refractivity contribution in [2.24, 2.45) is 0 Å². The van der Waals surface area contributed by atoms with Crippen LogP contribution in [0.15, 0.2) is 18.2 Å². The first kappa shape index (κ1) is 15.6. The van der Waals surface area contributed by atoms with E-state index in [4.69, 9.17) is 9.47 Å². The van der Waals surface area contributed by atoms with Gasteiger partial charge < -0.3 is 19.5 Å². The van der Waals surface area contributed by atoms with Crippen LogP contribution in [0.25, 0.3) is 0 Å². The second kappa shape index (κ2) is 6.35. The van der Waals surface area contributed by atoms with E-state index in [0.717, 1.165) is 12.8 Å². The third-order valence-corrected chi connectivity index (χ3v) is 3.68. The van der Waals surface area contributed by atoms with Gasteiger partial charge in [0.15, 0.2) is 11.5 Å². The largest absolute Gasteiger partial charge is 0.493 e. The van der Waals surface area contributed by atoms with Crippen molar-refractivity contribution >= 4 is 5.91 Å². The number of likely N-dealkylation sites (tertiary alicyclic amines) is 1. The van der Waals surface area contributed by atoms with Crippen LogP contribution >= 0.6 is 0 Å². The molecule has 0 radical (unpaired) electrons. The summed E-state index contributed by atoms with van der Waals surface area (Å²) in [7, 11) is 1.55. The second-order valence-corrected chi connectivity index (χ2v) is 5.43. The molecule has 1 fully saturated rings. The van der Waals surface area contributed by atoms with Gasteiger partial charge in [0.1, 0.15) is 0 Å². The number of rotatable bonds is 6. The van der Waals surface area contributed by atoms with Crippen LogP contribution in [0, 0.1) is 0 Å². The second-order valence-electron chi connectivity index (χ2n) is 5.43. The van der Waals surface area contributed by atoms with Crippen LogP contribution in [0.4, 0.5) is 0 Å². The Morgan fingerprint density at radius 3 is 2.62 bits per heavy atom. The number of β-amino-alcohol motifs (C(OH)–C–C–N with tert-alkyl or cyclic N) is 1. The van der Waals surface area contributed by atoms with Gasteiger partial charge in [-0.05, 0) is 31.5 Å². The van der Waals surface area contributed by atoms with Crippen LogP contribution in [0.3, 0.4) is 0 Å². The first-order valence-electron chi connectivity index (χ1n) is 7.35. The molecule has 5 heteroatoms. The molecule has 1 aliphatic rings. The molecule has 116 valence electrons. The lowest BCUT2D eigenvalue weighted by molar-refractivity contribution is -0.0860. The molecule has 0 atom stereocenters. The van der Waals surface area contributed by atoms with Gasteiger partial charge in [0.05, 0.1) is 32.4 Å². The number of ether oxygens (including phenoxy) is 2. The molecule has 1 heterocycles. The molecule has 0 bridgehead atoms. The van der Waals surface area contributed by atoms with E-state index < -0.39 is 5.60 Å². The Balaban J connectivity index is 2.07. The molecule has 1 saturated heterocycles. The van der Waals surface area contributed by atoms with Crippen molar-refractivity contribution in [3.05, 3.63) is 23.8 Å². The van der Waals surface area contributed by atoms with E-state index in [-0.39, 0.29) is 5.91 Å². The van der Waals surface area contributed by atoms with E-state index in [1.807, 2.05) is 13.8 Å². The van der Waals surface area contributed by atoms with Crippen LogP contribution in [-0.4, -0.2) is 48.3 Å². The maximum absolute atomic E-state index is 12.4. The molecule has 21 heavy (non-hydrogen) atoms. The molecule has 0 unspecified atom stereocenters. The maximum atomic E-state index is 12.4. The monoisotopic (exact) mass is 293 g/mol. The third-order valence-electron chi connectivity index (χ3n) is 3.68. The average Bonchev–Trinajstić information content (AvgIpc) is 2.45. The fraction of sp³-hybridized carbons (Fsp3) is 0.562. The Morgan fingerprint density at radius 1 is 1.33 bits per heavy atom. The summed E-state index contributed by atoms with van der Waals surface area (Å²) in [5.74, 6) is 1.09. The molecule has 0 aromatic heterocycles. The summed E-state index contributed by atoms with van der Waals surface area (Å²) in [4.78, 5) is 14.0. The summed E-state index contributed by atoms with van der Waals surface area (Å²) in [5, 5.41) is 10.2. The first-order chi connectivity index (χ1) is 10.0. The van der Waals surface area contributed by atoms with Crippen molar-refractivity contribution in [3.8, 4) is 11.5 Å². The quantitative estimate of drug-likeness (QED) is 0.872. The van der Waals surface area contributed by atoms with Crippen molar-refractivity contribution in [1.29, 1.82) is 0 Å². The van der Waals surface area contributed by atoms with E-state index in [9.17, 15) is 9.90 Å². The Hall–Kier alpha value is -1.75. The number of hydrogen-bond donors (Lipinski definition) is 1. The highest BCUT2D eigenvalue weighted by molar-refractivity contribution is 5.95. The molecule has 0 spiro atoms. The van der Waals surface area contributed by atoms with Gasteiger partial charge in [0, 0.05) is 5.56 Å². The predicted octanol–water partition coefficient (Wildman–Crippen LogP) is 2.08. The fourth-order valence-electron chi connectivity index (χ4n) is 2.69. The molecule has 2 rings (SSSR count). The number of carbonyl (C=O) groups excluding carboxylic acids is 1. The molecule has 1 aliphatic heterocycles. The van der Waals surface area contributed by atoms with Gasteiger partial charge in [-0.3, -0.25) is 4.79 Å². The van der Waals surface area contributed by atoms with Crippen molar-refractivity contribution in [2.45, 2.75) is 32.3 Å². The molecule has 1 aromatic rings. The zero-order chi connectivity index (χ0) is 15.5. The minimum absolute atomic E-state index is 0.0860. The SMILES string of the molecule is CCCC1(O)CN(C(=O)c2ccc(OCC)c(OC)c2)C1. The topological polar surface area (TPSA) is 59.0 Å². The molecule has 1 N–H and O–H groups in total. The standard InChI is InChI=1S/C16H23NO4/c1-4-8-16(19)10-17(11-16)15(18)12-6-7-13(21-5-2)14(9-12)20-3/h6-7,9,19H,4-5,8,10-11H2,1-3H3. The zero-order valence-corrected chi connectivity index (χ0v) is 12.9. The van der Waals surface area contributed by atoms with Gasteiger partial charge >= 0.3 is 0 Å². The van der Waals surface area contributed by atoms with Crippen molar-refractivity contribution < 1.29 is 19.4 Å². The van der Waals surface area contributed by atoms with Crippen LogP contribution in [0.1, 0.15) is 37.0 Å². The minimum Gasteiger partial charge on any atom is -0.493 e. The van der Waals surface area contributed by atoms with Crippen LogP contribution < -0.4 is 9.47 Å². The summed E-state index contributed by atoms with van der Waals surface area (Å²) >= 11 is 0. The summed E-state index contributed by atoms with van der Waals surface area (Å²) in [6, 6.07) is 5.16. The lowest BCUT2D eigenvalue weighted by Gasteiger charge is -2.46. The third kappa shape index (κ3) is 3.29. The number of amides is 1. The summed E-state index contributed by atoms with van der Waals surface area (Å²) < 4.78 is 10.7. The highest BCUT2D eigenvalue weighted by atomic mass is 16.5. The number of benzene rings is 1. The zero-order valence-electron chi connectivity index (χ0n) is 12.9. The fourth-order valence-corrected chi connectivity index (χ4v) is 2.69. The molecule has 1 aromatic carbocycles. The van der Waals surface area contributed by atoms with Crippen molar-refractivity contribution in [1.82, 2.24) is 4.90 Å².